The zero-order valence-electron chi connectivity index (χ0n) is 6.75. The summed E-state index contributed by atoms with van der Waals surface area (Å²) in [5, 5.41) is 0. The first-order chi connectivity index (χ1) is 6.64. The molecule has 0 aliphatic carbocycles. The molecule has 0 atom stereocenters. The number of rotatable bonds is 0. The van der Waals surface area contributed by atoms with Crippen LogP contribution < -0.4 is 0 Å². The van der Waals surface area contributed by atoms with Crippen LogP contribution in [0.25, 0.3) is 0 Å². The Balaban J connectivity index is 3.37. The quantitative estimate of drug-likeness (QED) is 0.518. The molecule has 0 amide bonds. The summed E-state index contributed by atoms with van der Waals surface area (Å²) in [6.45, 7) is 0. The van der Waals surface area contributed by atoms with Crippen LogP contribution in [0.4, 0.5) is 26.3 Å². The maximum absolute atomic E-state index is 12.2. The van der Waals surface area contributed by atoms with E-state index >= 15 is 0 Å². The molecule has 0 radical (unpaired) electrons. The van der Waals surface area contributed by atoms with Gasteiger partial charge < -0.3 is 0 Å². The normalized spacial score (nSPS) is 13.0. The van der Waals surface area contributed by atoms with Crippen molar-refractivity contribution in [3.8, 4) is 0 Å². The predicted octanol–water partition coefficient (Wildman–Crippen LogP) is 3.72. The van der Waals surface area contributed by atoms with Crippen molar-refractivity contribution < 1.29 is 26.3 Å². The van der Waals surface area contributed by atoms with Gasteiger partial charge in [-0.2, -0.15) is 26.3 Å². The van der Waals surface area contributed by atoms with Crippen molar-refractivity contribution in [1.29, 1.82) is 0 Å². The zero-order valence-corrected chi connectivity index (χ0v) is 8.91. The van der Waals surface area contributed by atoms with E-state index in [0.29, 0.717) is 12.4 Å². The molecule has 8 heteroatoms. The lowest BCUT2D eigenvalue weighted by Crippen LogP contribution is -2.15. The molecule has 0 fully saturated rings. The lowest BCUT2D eigenvalue weighted by molar-refractivity contribution is -0.144. The highest BCUT2D eigenvalue weighted by Crippen LogP contribution is 2.38. The Morgan fingerprint density at radius 2 is 1.20 bits per heavy atom. The molecule has 0 N–H and O–H groups in total. The van der Waals surface area contributed by atoms with Crippen LogP contribution in [-0.2, 0) is 12.4 Å². The molecule has 0 saturated carbocycles. The third-order valence-electron chi connectivity index (χ3n) is 1.49. The minimum atomic E-state index is -4.83. The van der Waals surface area contributed by atoms with Crippen molar-refractivity contribution in [2.24, 2.45) is 0 Å². The van der Waals surface area contributed by atoms with Gasteiger partial charge in [-0.25, -0.2) is 0 Å². The molecule has 1 aromatic rings. The van der Waals surface area contributed by atoms with Crippen LogP contribution in [0.2, 0.25) is 0 Å². The second-order valence-electron chi connectivity index (χ2n) is 2.54. The van der Waals surface area contributed by atoms with Crippen molar-refractivity contribution in [1.82, 2.24) is 4.98 Å². The standard InChI is InChI=1S/C7H2F6IN/c8-6(9,10)3-1-15-2-4(5(3)14)7(11,12)13/h1-2H. The molecule has 0 saturated heterocycles. The van der Waals surface area contributed by atoms with Crippen LogP contribution in [0.1, 0.15) is 11.1 Å². The van der Waals surface area contributed by atoms with Crippen LogP contribution >= 0.6 is 22.6 Å². The molecule has 0 spiro atoms. The van der Waals surface area contributed by atoms with E-state index in [9.17, 15) is 26.3 Å². The second-order valence-corrected chi connectivity index (χ2v) is 3.62. The first kappa shape index (κ1) is 12.5. The molecular weight excluding hydrogens is 339 g/mol. The maximum atomic E-state index is 12.2. The SMILES string of the molecule is FC(F)(F)c1cncc(C(F)(F)F)c1I. The molecule has 1 aromatic heterocycles. The summed E-state index contributed by atoms with van der Waals surface area (Å²) < 4.78 is 72.3. The van der Waals surface area contributed by atoms with Gasteiger partial charge in [-0.15, -0.1) is 0 Å². The lowest BCUT2D eigenvalue weighted by Gasteiger charge is -2.13. The highest BCUT2D eigenvalue weighted by atomic mass is 127. The van der Waals surface area contributed by atoms with E-state index in [4.69, 9.17) is 0 Å². The fraction of sp³-hybridized carbons (Fsp3) is 0.286. The largest absolute Gasteiger partial charge is 0.418 e. The molecule has 0 bridgehead atoms. The first-order valence-electron chi connectivity index (χ1n) is 3.42. The van der Waals surface area contributed by atoms with Crippen molar-refractivity contribution in [2.45, 2.75) is 12.4 Å². The van der Waals surface area contributed by atoms with Gasteiger partial charge >= 0.3 is 12.4 Å². The average Bonchev–Trinajstić information content (AvgIpc) is 1.99. The number of hydrogen-bond donors (Lipinski definition) is 0. The highest BCUT2D eigenvalue weighted by Gasteiger charge is 2.40. The maximum Gasteiger partial charge on any atom is 0.418 e. The minimum absolute atomic E-state index is 0.372. The van der Waals surface area contributed by atoms with Crippen molar-refractivity contribution >= 4 is 22.6 Å². The summed E-state index contributed by atoms with van der Waals surface area (Å²) in [6.07, 6.45) is -8.91. The summed E-state index contributed by atoms with van der Waals surface area (Å²) in [5.41, 5.74) is -2.75. The van der Waals surface area contributed by atoms with Crippen LogP contribution in [0, 0.1) is 3.57 Å². The minimum Gasteiger partial charge on any atom is -0.263 e. The average molecular weight is 341 g/mol. The summed E-state index contributed by atoms with van der Waals surface area (Å²) >= 11 is 1.01. The Morgan fingerprint density at radius 3 is 1.47 bits per heavy atom. The van der Waals surface area contributed by atoms with Crippen LogP contribution in [0.15, 0.2) is 12.4 Å². The number of hydrogen-bond acceptors (Lipinski definition) is 1. The molecule has 0 aliphatic rings. The summed E-state index contributed by atoms with van der Waals surface area (Å²) in [7, 11) is 0. The van der Waals surface area contributed by atoms with E-state index in [1.165, 1.54) is 0 Å². The van der Waals surface area contributed by atoms with E-state index < -0.39 is 27.0 Å². The Kier molecular flexibility index (Phi) is 3.17. The Morgan fingerprint density at radius 1 is 0.867 bits per heavy atom. The molecule has 0 unspecified atom stereocenters. The van der Waals surface area contributed by atoms with Gasteiger partial charge in [-0.1, -0.05) is 0 Å². The molecule has 15 heavy (non-hydrogen) atoms. The van der Waals surface area contributed by atoms with Gasteiger partial charge in [-0.3, -0.25) is 4.98 Å². The van der Waals surface area contributed by atoms with Crippen LogP contribution in [0.3, 0.4) is 0 Å². The fourth-order valence-corrected chi connectivity index (χ4v) is 1.73. The number of alkyl halides is 6. The van der Waals surface area contributed by atoms with Crippen molar-refractivity contribution in [3.05, 3.63) is 27.1 Å². The smallest absolute Gasteiger partial charge is 0.263 e. The number of halogens is 7. The van der Waals surface area contributed by atoms with Crippen molar-refractivity contribution in [2.75, 3.05) is 0 Å². The Hall–Kier alpha value is -0.540. The van der Waals surface area contributed by atoms with Gasteiger partial charge in [0.15, 0.2) is 0 Å². The first-order valence-corrected chi connectivity index (χ1v) is 4.50. The van der Waals surface area contributed by atoms with E-state index in [1.807, 2.05) is 0 Å². The summed E-state index contributed by atoms with van der Waals surface area (Å²) in [4.78, 5) is 2.93. The highest BCUT2D eigenvalue weighted by molar-refractivity contribution is 14.1. The molecule has 84 valence electrons. The third kappa shape index (κ3) is 2.73. The molecule has 0 aromatic carbocycles. The van der Waals surface area contributed by atoms with E-state index in [1.54, 1.807) is 0 Å². The molecule has 1 nitrogen and oxygen atoms in total. The second kappa shape index (κ2) is 3.80. The van der Waals surface area contributed by atoms with Crippen LogP contribution in [0.5, 0.6) is 0 Å². The molecule has 1 heterocycles. The fourth-order valence-electron chi connectivity index (χ4n) is 0.840. The Labute approximate surface area is 93.6 Å². The third-order valence-corrected chi connectivity index (χ3v) is 2.65. The lowest BCUT2D eigenvalue weighted by atomic mass is 10.2. The van der Waals surface area contributed by atoms with E-state index in [0.717, 1.165) is 22.6 Å². The van der Waals surface area contributed by atoms with Crippen LogP contribution in [-0.4, -0.2) is 4.98 Å². The van der Waals surface area contributed by atoms with E-state index in [2.05, 4.69) is 4.98 Å². The number of aromatic nitrogens is 1. The monoisotopic (exact) mass is 341 g/mol. The van der Waals surface area contributed by atoms with Gasteiger partial charge in [0.1, 0.15) is 0 Å². The molecule has 0 aliphatic heterocycles. The van der Waals surface area contributed by atoms with Gasteiger partial charge in [0.25, 0.3) is 0 Å². The van der Waals surface area contributed by atoms with Gasteiger partial charge in [0.2, 0.25) is 0 Å². The van der Waals surface area contributed by atoms with Gasteiger partial charge in [-0.05, 0) is 22.6 Å². The van der Waals surface area contributed by atoms with Gasteiger partial charge in [0.05, 0.1) is 11.1 Å². The Bertz CT molecular complexity index is 336. The van der Waals surface area contributed by atoms with Gasteiger partial charge in [0, 0.05) is 16.0 Å². The summed E-state index contributed by atoms with van der Waals surface area (Å²) in [6, 6.07) is 0. The number of pyridine rings is 1. The zero-order chi connectivity index (χ0) is 11.9. The topological polar surface area (TPSA) is 12.9 Å². The van der Waals surface area contributed by atoms with Crippen molar-refractivity contribution in [3.63, 3.8) is 0 Å². The molecule has 1 rings (SSSR count). The number of nitrogens with zero attached hydrogens (tertiary/aromatic N) is 1. The summed E-state index contributed by atoms with van der Waals surface area (Å²) in [5.74, 6) is 0. The predicted molar refractivity (Wildman–Crippen MR) is 47.0 cm³/mol. The molecular formula is C7H2F6IN. The van der Waals surface area contributed by atoms with E-state index in [-0.39, 0.29) is 0 Å².